The molecular formula is C21H18F2N2O. The van der Waals surface area contributed by atoms with Gasteiger partial charge in [0.25, 0.3) is 0 Å². The highest BCUT2D eigenvalue weighted by Crippen LogP contribution is 2.34. The summed E-state index contributed by atoms with van der Waals surface area (Å²) in [5.74, 6) is -1.08. The topological polar surface area (TPSA) is 37.9 Å². The number of aromatic nitrogens is 2. The lowest BCUT2D eigenvalue weighted by atomic mass is 10.0. The molecule has 26 heavy (non-hydrogen) atoms. The van der Waals surface area contributed by atoms with E-state index in [0.717, 1.165) is 28.8 Å². The normalized spacial score (nSPS) is 14.3. The van der Waals surface area contributed by atoms with Gasteiger partial charge in [-0.15, -0.1) is 0 Å². The van der Waals surface area contributed by atoms with Crippen LogP contribution in [0, 0.1) is 18.6 Å². The van der Waals surface area contributed by atoms with Gasteiger partial charge in [-0.3, -0.25) is 0 Å². The molecule has 0 atom stereocenters. The molecule has 5 heteroatoms. The molecule has 0 radical (unpaired) electrons. The van der Waals surface area contributed by atoms with Gasteiger partial charge in [-0.2, -0.15) is 0 Å². The zero-order valence-electron chi connectivity index (χ0n) is 14.4. The number of halogens is 2. The maximum absolute atomic E-state index is 14.3. The molecule has 132 valence electrons. The van der Waals surface area contributed by atoms with Crippen LogP contribution in [0.15, 0.2) is 48.5 Å². The van der Waals surface area contributed by atoms with Crippen LogP contribution >= 0.6 is 0 Å². The van der Waals surface area contributed by atoms with E-state index in [9.17, 15) is 8.78 Å². The van der Waals surface area contributed by atoms with E-state index in [2.05, 4.69) is 9.97 Å². The van der Waals surface area contributed by atoms with Gasteiger partial charge in [-0.1, -0.05) is 35.9 Å². The molecule has 1 N–H and O–H groups in total. The van der Waals surface area contributed by atoms with Gasteiger partial charge in [0.2, 0.25) is 0 Å². The number of H-pyrrole nitrogens is 1. The highest BCUT2D eigenvalue weighted by molar-refractivity contribution is 5.80. The average Bonchev–Trinajstić information content (AvgIpc) is 3.07. The molecule has 4 rings (SSSR count). The summed E-state index contributed by atoms with van der Waals surface area (Å²) in [6.07, 6.45) is 2.71. The Hall–Kier alpha value is -2.79. The Kier molecular flexibility index (Phi) is 4.39. The molecule has 0 fully saturated rings. The lowest BCUT2D eigenvalue weighted by Gasteiger charge is -2.13. The van der Waals surface area contributed by atoms with Gasteiger partial charge < -0.3 is 9.72 Å². The number of hydrogen-bond donors (Lipinski definition) is 1. The molecule has 0 aliphatic carbocycles. The number of benzene rings is 2. The Labute approximate surface area is 150 Å². The van der Waals surface area contributed by atoms with Crippen molar-refractivity contribution < 1.29 is 13.5 Å². The van der Waals surface area contributed by atoms with Crippen LogP contribution in [0.2, 0.25) is 0 Å². The minimum Gasteiger partial charge on any atom is -0.377 e. The van der Waals surface area contributed by atoms with Crippen LogP contribution in [-0.2, 0) is 4.74 Å². The third-order valence-electron chi connectivity index (χ3n) is 4.48. The van der Waals surface area contributed by atoms with E-state index in [0.29, 0.717) is 18.9 Å². The lowest BCUT2D eigenvalue weighted by Crippen LogP contribution is -2.04. The van der Waals surface area contributed by atoms with E-state index in [1.165, 1.54) is 18.2 Å². The van der Waals surface area contributed by atoms with Crippen LogP contribution in [0.5, 0.6) is 0 Å². The summed E-state index contributed by atoms with van der Waals surface area (Å²) >= 11 is 0. The second kappa shape index (κ2) is 6.84. The van der Waals surface area contributed by atoms with E-state index >= 15 is 0 Å². The quantitative estimate of drug-likeness (QED) is 0.709. The Morgan fingerprint density at radius 1 is 1.08 bits per heavy atom. The Morgan fingerprint density at radius 2 is 1.85 bits per heavy atom. The van der Waals surface area contributed by atoms with Gasteiger partial charge in [-0.25, -0.2) is 13.8 Å². The highest BCUT2D eigenvalue weighted by Gasteiger charge is 2.21. The molecular weight excluding hydrogens is 334 g/mol. The maximum atomic E-state index is 14.3. The number of imidazole rings is 1. The summed E-state index contributed by atoms with van der Waals surface area (Å²) in [5, 5.41) is 0. The van der Waals surface area contributed by atoms with Crippen molar-refractivity contribution in [2.45, 2.75) is 13.3 Å². The van der Waals surface area contributed by atoms with Crippen LogP contribution < -0.4 is 0 Å². The van der Waals surface area contributed by atoms with E-state index in [-0.39, 0.29) is 11.4 Å². The first kappa shape index (κ1) is 16.7. The number of nitrogens with zero attached hydrogens (tertiary/aromatic N) is 1. The number of nitrogens with one attached hydrogen (secondary N) is 1. The molecule has 0 amide bonds. The first-order chi connectivity index (χ1) is 12.6. The zero-order chi connectivity index (χ0) is 18.1. The Balaban J connectivity index is 1.92. The van der Waals surface area contributed by atoms with E-state index in [1.807, 2.05) is 37.3 Å². The molecule has 3 nitrogen and oxygen atoms in total. The number of hydrogen-bond acceptors (Lipinski definition) is 2. The maximum Gasteiger partial charge on any atom is 0.144 e. The first-order valence-corrected chi connectivity index (χ1v) is 8.52. The summed E-state index contributed by atoms with van der Waals surface area (Å²) in [6, 6.07) is 11.7. The fourth-order valence-corrected chi connectivity index (χ4v) is 3.20. The van der Waals surface area contributed by atoms with Gasteiger partial charge in [0.05, 0.1) is 30.2 Å². The predicted molar refractivity (Wildman–Crippen MR) is 97.5 cm³/mol. The second-order valence-electron chi connectivity index (χ2n) is 6.33. The number of aromatic amines is 1. The van der Waals surface area contributed by atoms with Crippen LogP contribution in [0.1, 0.15) is 17.7 Å². The molecule has 0 bridgehead atoms. The Bertz CT molecular complexity index is 971. The van der Waals surface area contributed by atoms with Crippen molar-refractivity contribution >= 4 is 5.57 Å². The van der Waals surface area contributed by atoms with Gasteiger partial charge in [0, 0.05) is 5.56 Å². The number of rotatable bonds is 3. The number of aryl methyl sites for hydroxylation is 1. The molecule has 0 saturated carbocycles. The molecule has 0 unspecified atom stereocenters. The molecule has 2 aromatic carbocycles. The van der Waals surface area contributed by atoms with Crippen LogP contribution in [0.3, 0.4) is 0 Å². The molecule has 2 heterocycles. The minimum atomic E-state index is -0.637. The molecule has 1 aliphatic heterocycles. The SMILES string of the molecule is Cc1cccc(-c2nc(-c3c(F)cccc3F)[nH]c2C2=CCOCC2)c1. The van der Waals surface area contributed by atoms with E-state index < -0.39 is 11.6 Å². The average molecular weight is 352 g/mol. The van der Waals surface area contributed by atoms with Crippen molar-refractivity contribution in [2.75, 3.05) is 13.2 Å². The summed E-state index contributed by atoms with van der Waals surface area (Å²) in [6.45, 7) is 3.13. The summed E-state index contributed by atoms with van der Waals surface area (Å²) < 4.78 is 33.9. The van der Waals surface area contributed by atoms with Gasteiger partial charge in [0.15, 0.2) is 0 Å². The standard InChI is InChI=1S/C21H18F2N2O/c1-13-4-2-5-15(12-13)20-19(14-8-10-26-11-9-14)24-21(25-20)18-16(22)6-3-7-17(18)23/h2-8,12H,9-11H2,1H3,(H,24,25). The zero-order valence-corrected chi connectivity index (χ0v) is 14.4. The minimum absolute atomic E-state index is 0.139. The molecule has 3 aromatic rings. The van der Waals surface area contributed by atoms with Crippen LogP contribution in [0.4, 0.5) is 8.78 Å². The number of ether oxygens (including phenoxy) is 1. The third kappa shape index (κ3) is 3.06. The van der Waals surface area contributed by atoms with Crippen LogP contribution in [0.25, 0.3) is 28.2 Å². The summed E-state index contributed by atoms with van der Waals surface area (Å²) in [5.41, 5.74) is 4.39. The molecule has 1 aliphatic rings. The molecule has 0 saturated heterocycles. The van der Waals surface area contributed by atoms with Crippen molar-refractivity contribution in [3.05, 3.63) is 71.4 Å². The van der Waals surface area contributed by atoms with Gasteiger partial charge >= 0.3 is 0 Å². The monoisotopic (exact) mass is 352 g/mol. The summed E-state index contributed by atoms with van der Waals surface area (Å²) in [7, 11) is 0. The van der Waals surface area contributed by atoms with Gasteiger partial charge in [0.1, 0.15) is 17.5 Å². The van der Waals surface area contributed by atoms with Crippen LogP contribution in [-0.4, -0.2) is 23.2 Å². The third-order valence-corrected chi connectivity index (χ3v) is 4.48. The van der Waals surface area contributed by atoms with E-state index in [1.54, 1.807) is 0 Å². The molecule has 1 aromatic heterocycles. The fraction of sp³-hybridized carbons (Fsp3) is 0.190. The van der Waals surface area contributed by atoms with Crippen molar-refractivity contribution in [2.24, 2.45) is 0 Å². The molecule has 0 spiro atoms. The lowest BCUT2D eigenvalue weighted by molar-refractivity contribution is 0.161. The van der Waals surface area contributed by atoms with E-state index in [4.69, 9.17) is 4.74 Å². The van der Waals surface area contributed by atoms with Gasteiger partial charge in [-0.05, 0) is 37.1 Å². The smallest absolute Gasteiger partial charge is 0.144 e. The van der Waals surface area contributed by atoms with Crippen molar-refractivity contribution in [1.29, 1.82) is 0 Å². The summed E-state index contributed by atoms with van der Waals surface area (Å²) in [4.78, 5) is 7.72. The van der Waals surface area contributed by atoms with Crippen molar-refractivity contribution in [3.63, 3.8) is 0 Å². The second-order valence-corrected chi connectivity index (χ2v) is 6.33. The van der Waals surface area contributed by atoms with Crippen molar-refractivity contribution in [1.82, 2.24) is 9.97 Å². The van der Waals surface area contributed by atoms with Crippen molar-refractivity contribution in [3.8, 4) is 22.6 Å². The fourth-order valence-electron chi connectivity index (χ4n) is 3.20. The first-order valence-electron chi connectivity index (χ1n) is 8.52. The Morgan fingerprint density at radius 3 is 2.54 bits per heavy atom. The highest BCUT2D eigenvalue weighted by atomic mass is 19.1. The largest absolute Gasteiger partial charge is 0.377 e. The predicted octanol–water partition coefficient (Wildman–Crippen LogP) is 5.13.